The molecule has 1 aliphatic rings. The molecule has 0 radical (unpaired) electrons. The van der Waals surface area contributed by atoms with Gasteiger partial charge in [0, 0.05) is 0 Å². The SMILES string of the molecule is NNc1cccc2c1C(=O)NC2=O. The fraction of sp³-hybridized carbons (Fsp3) is 0. The summed E-state index contributed by atoms with van der Waals surface area (Å²) in [6.45, 7) is 0. The summed E-state index contributed by atoms with van der Waals surface area (Å²) in [4.78, 5) is 22.4. The molecule has 0 spiro atoms. The first kappa shape index (κ1) is 7.75. The highest BCUT2D eigenvalue weighted by molar-refractivity contribution is 6.23. The molecule has 0 aliphatic carbocycles. The molecule has 0 fully saturated rings. The number of carbonyl (C=O) groups is 2. The number of amides is 2. The summed E-state index contributed by atoms with van der Waals surface area (Å²) in [5.74, 6) is 4.40. The summed E-state index contributed by atoms with van der Waals surface area (Å²) in [5.41, 5.74) is 3.50. The highest BCUT2D eigenvalue weighted by Gasteiger charge is 2.28. The van der Waals surface area contributed by atoms with E-state index in [2.05, 4.69) is 10.7 Å². The van der Waals surface area contributed by atoms with Gasteiger partial charge in [0.2, 0.25) is 0 Å². The van der Waals surface area contributed by atoms with Gasteiger partial charge in [0.25, 0.3) is 11.8 Å². The zero-order chi connectivity index (χ0) is 9.42. The third kappa shape index (κ3) is 0.978. The van der Waals surface area contributed by atoms with Gasteiger partial charge in [0.15, 0.2) is 0 Å². The number of nitrogen functional groups attached to an aromatic ring is 1. The number of imide groups is 1. The lowest BCUT2D eigenvalue weighted by Crippen LogP contribution is -2.20. The fourth-order valence-electron chi connectivity index (χ4n) is 1.34. The van der Waals surface area contributed by atoms with E-state index in [1.54, 1.807) is 18.2 Å². The number of hydrazine groups is 1. The van der Waals surface area contributed by atoms with Crippen LogP contribution in [0, 0.1) is 0 Å². The average Bonchev–Trinajstić information content (AvgIpc) is 2.43. The van der Waals surface area contributed by atoms with Crippen LogP contribution in [0.4, 0.5) is 5.69 Å². The monoisotopic (exact) mass is 177 g/mol. The van der Waals surface area contributed by atoms with Crippen LogP contribution in [0.2, 0.25) is 0 Å². The molecule has 5 heteroatoms. The Hall–Kier alpha value is -1.88. The van der Waals surface area contributed by atoms with Crippen molar-refractivity contribution < 1.29 is 9.59 Å². The molecule has 0 saturated heterocycles. The van der Waals surface area contributed by atoms with Crippen molar-refractivity contribution in [3.8, 4) is 0 Å². The molecule has 66 valence electrons. The molecule has 4 N–H and O–H groups in total. The molecule has 1 aliphatic heterocycles. The Bertz CT molecular complexity index is 400. The summed E-state index contributed by atoms with van der Waals surface area (Å²) < 4.78 is 0. The zero-order valence-electron chi connectivity index (χ0n) is 6.63. The summed E-state index contributed by atoms with van der Waals surface area (Å²) in [6.07, 6.45) is 0. The van der Waals surface area contributed by atoms with Crippen LogP contribution in [0.1, 0.15) is 20.7 Å². The van der Waals surface area contributed by atoms with E-state index in [1.807, 2.05) is 0 Å². The van der Waals surface area contributed by atoms with Crippen molar-refractivity contribution in [1.29, 1.82) is 0 Å². The topological polar surface area (TPSA) is 84.2 Å². The molecular formula is C8H7N3O2. The van der Waals surface area contributed by atoms with E-state index in [-0.39, 0.29) is 5.91 Å². The summed E-state index contributed by atoms with van der Waals surface area (Å²) in [6, 6.07) is 4.87. The van der Waals surface area contributed by atoms with Crippen molar-refractivity contribution >= 4 is 17.5 Å². The Balaban J connectivity index is 2.69. The number of benzene rings is 1. The molecule has 1 heterocycles. The second-order valence-corrected chi connectivity index (χ2v) is 2.66. The third-order valence-electron chi connectivity index (χ3n) is 1.92. The van der Waals surface area contributed by atoms with Gasteiger partial charge in [0.05, 0.1) is 16.8 Å². The molecule has 0 bridgehead atoms. The van der Waals surface area contributed by atoms with Gasteiger partial charge in [0.1, 0.15) is 0 Å². The van der Waals surface area contributed by atoms with Crippen LogP contribution in [0.25, 0.3) is 0 Å². The first-order valence-corrected chi connectivity index (χ1v) is 3.69. The minimum atomic E-state index is -0.409. The molecule has 2 rings (SSSR count). The number of anilines is 1. The van der Waals surface area contributed by atoms with E-state index >= 15 is 0 Å². The largest absolute Gasteiger partial charge is 0.323 e. The first-order valence-electron chi connectivity index (χ1n) is 3.69. The maximum Gasteiger partial charge on any atom is 0.261 e. The number of carbonyl (C=O) groups excluding carboxylic acids is 2. The van der Waals surface area contributed by atoms with Crippen molar-refractivity contribution in [3.63, 3.8) is 0 Å². The number of fused-ring (bicyclic) bond motifs is 1. The van der Waals surface area contributed by atoms with Crippen molar-refractivity contribution in [2.24, 2.45) is 5.84 Å². The molecule has 2 amide bonds. The number of hydrogen-bond acceptors (Lipinski definition) is 4. The van der Waals surface area contributed by atoms with Crippen LogP contribution in [0.3, 0.4) is 0 Å². The third-order valence-corrected chi connectivity index (χ3v) is 1.92. The lowest BCUT2D eigenvalue weighted by atomic mass is 10.1. The molecule has 1 aromatic rings. The van der Waals surface area contributed by atoms with Crippen LogP contribution >= 0.6 is 0 Å². The standard InChI is InChI=1S/C8H7N3O2/c9-11-5-3-1-2-4-6(5)8(13)10-7(4)12/h1-3,11H,9H2,(H,10,12,13). The van der Waals surface area contributed by atoms with Gasteiger partial charge in [-0.2, -0.15) is 0 Å². The van der Waals surface area contributed by atoms with Crippen LogP contribution < -0.4 is 16.6 Å². The zero-order valence-corrected chi connectivity index (χ0v) is 6.63. The van der Waals surface area contributed by atoms with Gasteiger partial charge < -0.3 is 5.43 Å². The summed E-state index contributed by atoms with van der Waals surface area (Å²) in [7, 11) is 0. The van der Waals surface area contributed by atoms with Gasteiger partial charge in [-0.05, 0) is 12.1 Å². The molecule has 5 nitrogen and oxygen atoms in total. The van der Waals surface area contributed by atoms with E-state index < -0.39 is 5.91 Å². The Morgan fingerprint density at radius 1 is 1.23 bits per heavy atom. The lowest BCUT2D eigenvalue weighted by Gasteiger charge is -2.02. The van der Waals surface area contributed by atoms with E-state index in [9.17, 15) is 9.59 Å². The van der Waals surface area contributed by atoms with Crippen LogP contribution in [0.5, 0.6) is 0 Å². The highest BCUT2D eigenvalue weighted by Crippen LogP contribution is 2.22. The van der Waals surface area contributed by atoms with Crippen molar-refractivity contribution in [3.05, 3.63) is 29.3 Å². The van der Waals surface area contributed by atoms with Crippen molar-refractivity contribution in [2.75, 3.05) is 5.43 Å². The van der Waals surface area contributed by atoms with E-state index in [4.69, 9.17) is 5.84 Å². The normalized spacial score (nSPS) is 13.9. The Kier molecular flexibility index (Phi) is 1.53. The molecule has 0 unspecified atom stereocenters. The maximum absolute atomic E-state index is 11.2. The fourth-order valence-corrected chi connectivity index (χ4v) is 1.34. The Morgan fingerprint density at radius 2 is 2.00 bits per heavy atom. The van der Waals surface area contributed by atoms with Crippen LogP contribution in [-0.4, -0.2) is 11.8 Å². The molecule has 0 atom stereocenters. The number of hydrogen-bond donors (Lipinski definition) is 3. The van der Waals surface area contributed by atoms with Gasteiger partial charge in [-0.25, -0.2) is 0 Å². The van der Waals surface area contributed by atoms with E-state index in [0.717, 1.165) is 0 Å². The molecule has 0 aromatic heterocycles. The Labute approximate surface area is 73.9 Å². The lowest BCUT2D eigenvalue weighted by molar-refractivity contribution is 0.0880. The highest BCUT2D eigenvalue weighted by atomic mass is 16.2. The molecule has 13 heavy (non-hydrogen) atoms. The smallest absolute Gasteiger partial charge is 0.261 e. The predicted octanol–water partition coefficient (Wildman–Crippen LogP) is -0.144. The molecule has 1 aromatic carbocycles. The second kappa shape index (κ2) is 2.56. The summed E-state index contributed by atoms with van der Waals surface area (Å²) >= 11 is 0. The van der Waals surface area contributed by atoms with Crippen LogP contribution in [0.15, 0.2) is 18.2 Å². The molecular weight excluding hydrogens is 170 g/mol. The first-order chi connectivity index (χ1) is 6.24. The second-order valence-electron chi connectivity index (χ2n) is 2.66. The van der Waals surface area contributed by atoms with Crippen molar-refractivity contribution in [2.45, 2.75) is 0 Å². The van der Waals surface area contributed by atoms with Gasteiger partial charge in [-0.1, -0.05) is 6.07 Å². The van der Waals surface area contributed by atoms with Gasteiger partial charge in [-0.3, -0.25) is 20.7 Å². The number of rotatable bonds is 1. The summed E-state index contributed by atoms with van der Waals surface area (Å²) in [5, 5.41) is 2.18. The minimum absolute atomic E-state index is 0.315. The average molecular weight is 177 g/mol. The van der Waals surface area contributed by atoms with Crippen molar-refractivity contribution in [1.82, 2.24) is 5.32 Å². The number of nitrogens with two attached hydrogens (primary N) is 1. The number of nitrogens with one attached hydrogen (secondary N) is 2. The Morgan fingerprint density at radius 3 is 2.69 bits per heavy atom. The van der Waals surface area contributed by atoms with Gasteiger partial charge >= 0.3 is 0 Å². The molecule has 0 saturated carbocycles. The van der Waals surface area contributed by atoms with Crippen LogP contribution in [-0.2, 0) is 0 Å². The maximum atomic E-state index is 11.2. The minimum Gasteiger partial charge on any atom is -0.323 e. The van der Waals surface area contributed by atoms with Gasteiger partial charge in [-0.15, -0.1) is 0 Å². The van der Waals surface area contributed by atoms with E-state index in [1.165, 1.54) is 0 Å². The quantitative estimate of drug-likeness (QED) is 0.316. The van der Waals surface area contributed by atoms with E-state index in [0.29, 0.717) is 16.8 Å². The predicted molar refractivity (Wildman–Crippen MR) is 46.0 cm³/mol.